The van der Waals surface area contributed by atoms with Gasteiger partial charge in [-0.1, -0.05) is 19.1 Å². The van der Waals surface area contributed by atoms with Crippen molar-refractivity contribution in [1.29, 1.82) is 0 Å². The van der Waals surface area contributed by atoms with Crippen molar-refractivity contribution in [1.82, 2.24) is 5.32 Å². The zero-order chi connectivity index (χ0) is 19.5. The van der Waals surface area contributed by atoms with Gasteiger partial charge in [-0.15, -0.1) is 0 Å². The molecule has 0 aliphatic heterocycles. The molecule has 0 aliphatic rings. The predicted octanol–water partition coefficient (Wildman–Crippen LogP) is 3.63. The van der Waals surface area contributed by atoms with Crippen LogP contribution in [0.25, 0.3) is 0 Å². The van der Waals surface area contributed by atoms with Crippen LogP contribution in [0.5, 0.6) is 11.5 Å². The van der Waals surface area contributed by atoms with Gasteiger partial charge in [0.1, 0.15) is 18.1 Å². The van der Waals surface area contributed by atoms with Crippen molar-refractivity contribution >= 4 is 28.9 Å². The van der Waals surface area contributed by atoms with Gasteiger partial charge in [0.15, 0.2) is 5.11 Å². The first-order valence-corrected chi connectivity index (χ1v) is 9.10. The lowest BCUT2D eigenvalue weighted by molar-refractivity contribution is 0.0973. The molecule has 27 heavy (non-hydrogen) atoms. The van der Waals surface area contributed by atoms with E-state index in [9.17, 15) is 4.79 Å². The molecule has 0 atom stereocenters. The fourth-order valence-corrected chi connectivity index (χ4v) is 2.41. The molecule has 0 spiro atoms. The minimum atomic E-state index is -0.321. The summed E-state index contributed by atoms with van der Waals surface area (Å²) in [6.45, 7) is 3.57. The SMILES string of the molecule is CCCOc1ccccc1C(=O)NC(=S)Nc1ccc(OCCOC)cc1. The number of nitrogens with one attached hydrogen (secondary N) is 2. The van der Waals surface area contributed by atoms with Gasteiger partial charge in [0.05, 0.1) is 18.8 Å². The minimum absolute atomic E-state index is 0.207. The molecular formula is C20H24N2O4S. The van der Waals surface area contributed by atoms with Crippen LogP contribution in [0.15, 0.2) is 48.5 Å². The number of methoxy groups -OCH3 is 1. The van der Waals surface area contributed by atoms with E-state index in [4.69, 9.17) is 26.4 Å². The molecule has 2 rings (SSSR count). The van der Waals surface area contributed by atoms with Crippen LogP contribution >= 0.6 is 12.2 Å². The Bertz CT molecular complexity index is 750. The molecule has 0 bridgehead atoms. The summed E-state index contributed by atoms with van der Waals surface area (Å²) in [7, 11) is 1.62. The zero-order valence-corrected chi connectivity index (χ0v) is 16.3. The summed E-state index contributed by atoms with van der Waals surface area (Å²) >= 11 is 5.23. The number of thiocarbonyl (C=S) groups is 1. The molecule has 0 aliphatic carbocycles. The Morgan fingerprint density at radius 2 is 1.74 bits per heavy atom. The summed E-state index contributed by atoms with van der Waals surface area (Å²) < 4.78 is 16.1. The number of carbonyl (C=O) groups is 1. The molecule has 1 amide bonds. The Balaban J connectivity index is 1.91. The standard InChI is InChI=1S/C20H24N2O4S/c1-3-12-26-18-7-5-4-6-17(18)19(23)22-20(27)21-15-8-10-16(11-9-15)25-14-13-24-2/h4-11H,3,12-14H2,1-2H3,(H2,21,22,23,27). The molecule has 2 aromatic rings. The molecule has 0 aromatic heterocycles. The number of amides is 1. The number of carbonyl (C=O) groups excluding carboxylic acids is 1. The molecule has 0 unspecified atom stereocenters. The van der Waals surface area contributed by atoms with Crippen LogP contribution in [0.3, 0.4) is 0 Å². The quantitative estimate of drug-likeness (QED) is 0.505. The summed E-state index contributed by atoms with van der Waals surface area (Å²) in [6.07, 6.45) is 0.862. The highest BCUT2D eigenvalue weighted by Crippen LogP contribution is 2.18. The maximum Gasteiger partial charge on any atom is 0.261 e. The minimum Gasteiger partial charge on any atom is -0.493 e. The van der Waals surface area contributed by atoms with Crippen LogP contribution in [-0.2, 0) is 4.74 Å². The largest absolute Gasteiger partial charge is 0.493 e. The van der Waals surface area contributed by atoms with Crippen LogP contribution in [0.2, 0.25) is 0 Å². The predicted molar refractivity (Wildman–Crippen MR) is 110 cm³/mol. The third kappa shape index (κ3) is 6.88. The fourth-order valence-electron chi connectivity index (χ4n) is 2.20. The second-order valence-corrected chi connectivity index (χ2v) is 6.03. The van der Waals surface area contributed by atoms with Gasteiger partial charge < -0.3 is 19.5 Å². The zero-order valence-electron chi connectivity index (χ0n) is 15.5. The lowest BCUT2D eigenvalue weighted by Gasteiger charge is -2.13. The second kappa shape index (κ2) is 11.2. The summed E-state index contributed by atoms with van der Waals surface area (Å²) in [4.78, 5) is 12.5. The van der Waals surface area contributed by atoms with Crippen LogP contribution in [0, 0.1) is 0 Å². The first kappa shape index (κ1) is 20.7. The van der Waals surface area contributed by atoms with E-state index in [-0.39, 0.29) is 11.0 Å². The van der Waals surface area contributed by atoms with Gasteiger partial charge in [0, 0.05) is 12.8 Å². The number of benzene rings is 2. The molecule has 0 fully saturated rings. The number of anilines is 1. The van der Waals surface area contributed by atoms with Crippen molar-refractivity contribution in [2.24, 2.45) is 0 Å². The average Bonchev–Trinajstić information content (AvgIpc) is 2.68. The lowest BCUT2D eigenvalue weighted by Crippen LogP contribution is -2.34. The van der Waals surface area contributed by atoms with Crippen LogP contribution < -0.4 is 20.1 Å². The molecule has 0 saturated heterocycles. The van der Waals surface area contributed by atoms with Gasteiger partial charge in [0.2, 0.25) is 0 Å². The molecule has 0 heterocycles. The van der Waals surface area contributed by atoms with E-state index in [1.165, 1.54) is 0 Å². The maximum atomic E-state index is 12.5. The van der Waals surface area contributed by atoms with Crippen LogP contribution in [0.1, 0.15) is 23.7 Å². The van der Waals surface area contributed by atoms with E-state index >= 15 is 0 Å². The Kier molecular flexibility index (Phi) is 8.54. The van der Waals surface area contributed by atoms with Gasteiger partial charge in [0.25, 0.3) is 5.91 Å². The summed E-state index contributed by atoms with van der Waals surface area (Å²) in [5, 5.41) is 5.86. The fraction of sp³-hybridized carbons (Fsp3) is 0.300. The van der Waals surface area contributed by atoms with Crippen LogP contribution in [0.4, 0.5) is 5.69 Å². The Labute approximate surface area is 164 Å². The van der Waals surface area contributed by atoms with Crippen LogP contribution in [-0.4, -0.2) is 38.0 Å². The third-order valence-electron chi connectivity index (χ3n) is 3.49. The first-order chi connectivity index (χ1) is 13.1. The van der Waals surface area contributed by atoms with E-state index in [2.05, 4.69) is 10.6 Å². The number of hydrogen-bond acceptors (Lipinski definition) is 5. The molecule has 7 heteroatoms. The smallest absolute Gasteiger partial charge is 0.261 e. The molecule has 0 saturated carbocycles. The van der Waals surface area contributed by atoms with Gasteiger partial charge in [-0.25, -0.2) is 0 Å². The topological polar surface area (TPSA) is 68.8 Å². The van der Waals surface area contributed by atoms with Gasteiger partial charge >= 0.3 is 0 Å². The Morgan fingerprint density at radius 3 is 2.44 bits per heavy atom. The molecule has 0 radical (unpaired) electrons. The summed E-state index contributed by atoms with van der Waals surface area (Å²) in [5.74, 6) is 0.950. The average molecular weight is 388 g/mol. The van der Waals surface area contributed by atoms with E-state index in [0.717, 1.165) is 17.9 Å². The van der Waals surface area contributed by atoms with E-state index in [1.807, 2.05) is 37.3 Å². The molecule has 2 aromatic carbocycles. The van der Waals surface area contributed by atoms with E-state index < -0.39 is 0 Å². The van der Waals surface area contributed by atoms with Gasteiger partial charge in [-0.3, -0.25) is 10.1 Å². The first-order valence-electron chi connectivity index (χ1n) is 8.70. The Morgan fingerprint density at radius 1 is 1.00 bits per heavy atom. The highest BCUT2D eigenvalue weighted by Gasteiger charge is 2.13. The molecule has 2 N–H and O–H groups in total. The normalized spacial score (nSPS) is 10.1. The highest BCUT2D eigenvalue weighted by atomic mass is 32.1. The number of para-hydroxylation sites is 1. The van der Waals surface area contributed by atoms with Crippen molar-refractivity contribution in [3.8, 4) is 11.5 Å². The van der Waals surface area contributed by atoms with Crippen molar-refractivity contribution in [2.45, 2.75) is 13.3 Å². The number of ether oxygens (including phenoxy) is 3. The van der Waals surface area contributed by atoms with E-state index in [0.29, 0.717) is 31.1 Å². The van der Waals surface area contributed by atoms with Crippen molar-refractivity contribution in [3.63, 3.8) is 0 Å². The van der Waals surface area contributed by atoms with E-state index in [1.54, 1.807) is 25.3 Å². The number of hydrogen-bond donors (Lipinski definition) is 2. The van der Waals surface area contributed by atoms with Crippen molar-refractivity contribution in [2.75, 3.05) is 32.2 Å². The monoisotopic (exact) mass is 388 g/mol. The second-order valence-electron chi connectivity index (χ2n) is 5.62. The maximum absolute atomic E-state index is 12.5. The van der Waals surface area contributed by atoms with Crippen molar-refractivity contribution in [3.05, 3.63) is 54.1 Å². The molecule has 144 valence electrons. The highest BCUT2D eigenvalue weighted by molar-refractivity contribution is 7.80. The molecular weight excluding hydrogens is 364 g/mol. The summed E-state index contributed by atoms with van der Waals surface area (Å²) in [6, 6.07) is 14.4. The van der Waals surface area contributed by atoms with Crippen molar-refractivity contribution < 1.29 is 19.0 Å². The van der Waals surface area contributed by atoms with Gasteiger partial charge in [-0.05, 0) is 55.0 Å². The number of rotatable bonds is 9. The summed E-state index contributed by atoms with van der Waals surface area (Å²) in [5.41, 5.74) is 1.19. The van der Waals surface area contributed by atoms with Gasteiger partial charge in [-0.2, -0.15) is 0 Å². The molecule has 6 nitrogen and oxygen atoms in total. The third-order valence-corrected chi connectivity index (χ3v) is 3.69. The lowest BCUT2D eigenvalue weighted by atomic mass is 10.2. The Hall–Kier alpha value is -2.64.